The zero-order valence-corrected chi connectivity index (χ0v) is 13.9. The molecule has 1 aromatic carbocycles. The summed E-state index contributed by atoms with van der Waals surface area (Å²) in [5.74, 6) is -0.478. The van der Waals surface area contributed by atoms with Gasteiger partial charge in [0.1, 0.15) is 0 Å². The van der Waals surface area contributed by atoms with Crippen molar-refractivity contribution in [3.05, 3.63) is 76.1 Å². The fourth-order valence-electron chi connectivity index (χ4n) is 2.12. The minimum absolute atomic E-state index is 0.0937. The van der Waals surface area contributed by atoms with Crippen molar-refractivity contribution in [2.45, 2.75) is 6.54 Å². The van der Waals surface area contributed by atoms with Gasteiger partial charge < -0.3 is 15.7 Å². The first-order valence-electron chi connectivity index (χ1n) is 7.49. The smallest absolute Gasteiger partial charge is 0.261 e. The molecule has 0 spiro atoms. The number of thiophene rings is 1. The molecule has 0 aliphatic carbocycles. The summed E-state index contributed by atoms with van der Waals surface area (Å²) in [6, 6.07) is 13.5. The summed E-state index contributed by atoms with van der Waals surface area (Å²) in [7, 11) is 0. The number of anilines is 1. The van der Waals surface area contributed by atoms with Gasteiger partial charge in [0.25, 0.3) is 11.8 Å². The number of carbonyl (C=O) groups is 2. The summed E-state index contributed by atoms with van der Waals surface area (Å²) in [5, 5.41) is 16.9. The third-order valence-corrected chi connectivity index (χ3v) is 4.30. The van der Waals surface area contributed by atoms with Crippen molar-refractivity contribution in [3.8, 4) is 5.75 Å². The molecule has 6 nitrogen and oxygen atoms in total. The van der Waals surface area contributed by atoms with Gasteiger partial charge in [0.05, 0.1) is 4.88 Å². The van der Waals surface area contributed by atoms with Crippen LogP contribution in [0.5, 0.6) is 5.75 Å². The van der Waals surface area contributed by atoms with Crippen molar-refractivity contribution in [1.29, 1.82) is 0 Å². The molecule has 0 atom stereocenters. The normalized spacial score (nSPS) is 10.2. The molecule has 7 heteroatoms. The van der Waals surface area contributed by atoms with E-state index in [0.717, 1.165) is 5.56 Å². The standard InChI is InChI=1S/C18H15N3O3S/c22-14-3-1-9-19-16(14)21-17(23)13-7-5-12(6-8-13)11-20-18(24)15-4-2-10-25-15/h1-10,22H,11H2,(H,20,24)(H,19,21,23). The van der Waals surface area contributed by atoms with Crippen molar-refractivity contribution in [2.24, 2.45) is 0 Å². The Bertz CT molecular complexity index is 877. The van der Waals surface area contributed by atoms with E-state index < -0.39 is 0 Å². The highest BCUT2D eigenvalue weighted by atomic mass is 32.1. The molecule has 0 aliphatic heterocycles. The second kappa shape index (κ2) is 7.59. The van der Waals surface area contributed by atoms with Gasteiger partial charge >= 0.3 is 0 Å². The minimum Gasteiger partial charge on any atom is -0.504 e. The van der Waals surface area contributed by atoms with Gasteiger partial charge in [-0.05, 0) is 41.3 Å². The first-order valence-corrected chi connectivity index (χ1v) is 8.37. The molecular formula is C18H15N3O3S. The van der Waals surface area contributed by atoms with Gasteiger partial charge in [-0.15, -0.1) is 11.3 Å². The molecule has 0 unspecified atom stereocenters. The molecule has 126 valence electrons. The van der Waals surface area contributed by atoms with Gasteiger partial charge in [-0.3, -0.25) is 9.59 Å². The van der Waals surface area contributed by atoms with Crippen LogP contribution in [0.1, 0.15) is 25.6 Å². The number of aromatic nitrogens is 1. The molecule has 3 N–H and O–H groups in total. The van der Waals surface area contributed by atoms with Crippen molar-refractivity contribution in [3.63, 3.8) is 0 Å². The highest BCUT2D eigenvalue weighted by molar-refractivity contribution is 7.12. The van der Waals surface area contributed by atoms with E-state index in [1.165, 1.54) is 23.6 Å². The molecule has 0 saturated carbocycles. The number of carbonyl (C=O) groups excluding carboxylic acids is 2. The van der Waals surface area contributed by atoms with E-state index in [0.29, 0.717) is 17.0 Å². The van der Waals surface area contributed by atoms with Gasteiger partial charge in [-0.2, -0.15) is 0 Å². The third-order valence-electron chi connectivity index (χ3n) is 3.43. The van der Waals surface area contributed by atoms with Crippen molar-refractivity contribution < 1.29 is 14.7 Å². The maximum absolute atomic E-state index is 12.2. The second-order valence-corrected chi connectivity index (χ2v) is 6.13. The number of nitrogens with zero attached hydrogens (tertiary/aromatic N) is 1. The Hall–Kier alpha value is -3.19. The first kappa shape index (κ1) is 16.7. The Morgan fingerprint density at radius 1 is 1.04 bits per heavy atom. The van der Waals surface area contributed by atoms with Gasteiger partial charge in [-0.1, -0.05) is 18.2 Å². The predicted molar refractivity (Wildman–Crippen MR) is 95.8 cm³/mol. The van der Waals surface area contributed by atoms with E-state index in [-0.39, 0.29) is 23.4 Å². The Morgan fingerprint density at radius 2 is 1.84 bits per heavy atom. The lowest BCUT2D eigenvalue weighted by molar-refractivity contribution is 0.0953. The fourth-order valence-corrected chi connectivity index (χ4v) is 2.76. The van der Waals surface area contributed by atoms with Crippen LogP contribution in [-0.4, -0.2) is 21.9 Å². The van der Waals surface area contributed by atoms with E-state index in [1.54, 1.807) is 36.4 Å². The van der Waals surface area contributed by atoms with E-state index in [4.69, 9.17) is 0 Å². The Labute approximate surface area is 148 Å². The van der Waals surface area contributed by atoms with Crippen LogP contribution < -0.4 is 10.6 Å². The molecule has 0 radical (unpaired) electrons. The number of aromatic hydroxyl groups is 1. The maximum Gasteiger partial charge on any atom is 0.261 e. The number of nitrogens with one attached hydrogen (secondary N) is 2. The molecule has 2 heterocycles. The van der Waals surface area contributed by atoms with Gasteiger partial charge in [0.2, 0.25) is 0 Å². The summed E-state index contributed by atoms with van der Waals surface area (Å²) in [6.07, 6.45) is 1.48. The van der Waals surface area contributed by atoms with Crippen LogP contribution in [0.4, 0.5) is 5.82 Å². The van der Waals surface area contributed by atoms with Crippen LogP contribution in [0.2, 0.25) is 0 Å². The molecule has 0 aliphatic rings. The summed E-state index contributed by atoms with van der Waals surface area (Å²) >= 11 is 1.38. The van der Waals surface area contributed by atoms with Crippen LogP contribution in [0.25, 0.3) is 0 Å². The quantitative estimate of drug-likeness (QED) is 0.657. The Morgan fingerprint density at radius 3 is 2.52 bits per heavy atom. The van der Waals surface area contributed by atoms with Gasteiger partial charge in [0, 0.05) is 18.3 Å². The van der Waals surface area contributed by atoms with E-state index in [9.17, 15) is 14.7 Å². The van der Waals surface area contributed by atoms with Crippen LogP contribution in [0.3, 0.4) is 0 Å². The van der Waals surface area contributed by atoms with Crippen LogP contribution >= 0.6 is 11.3 Å². The largest absolute Gasteiger partial charge is 0.504 e. The van der Waals surface area contributed by atoms with Crippen molar-refractivity contribution in [1.82, 2.24) is 10.3 Å². The lowest BCUT2D eigenvalue weighted by atomic mass is 10.1. The average Bonchev–Trinajstić information content (AvgIpc) is 3.17. The second-order valence-electron chi connectivity index (χ2n) is 5.18. The summed E-state index contributed by atoms with van der Waals surface area (Å²) in [5.41, 5.74) is 1.31. The molecule has 25 heavy (non-hydrogen) atoms. The minimum atomic E-state index is -0.372. The number of pyridine rings is 1. The zero-order chi connectivity index (χ0) is 17.6. The maximum atomic E-state index is 12.2. The predicted octanol–water partition coefficient (Wildman–Crippen LogP) is 3.03. The monoisotopic (exact) mass is 353 g/mol. The fraction of sp³-hybridized carbons (Fsp3) is 0.0556. The SMILES string of the molecule is O=C(Nc1ncccc1O)c1ccc(CNC(=O)c2cccs2)cc1. The highest BCUT2D eigenvalue weighted by Gasteiger charge is 2.10. The van der Waals surface area contributed by atoms with E-state index >= 15 is 0 Å². The number of rotatable bonds is 5. The van der Waals surface area contributed by atoms with E-state index in [1.807, 2.05) is 11.4 Å². The molecule has 0 saturated heterocycles. The molecule has 2 aromatic heterocycles. The first-order chi connectivity index (χ1) is 12.1. The summed E-state index contributed by atoms with van der Waals surface area (Å²) < 4.78 is 0. The molecule has 2 amide bonds. The molecular weight excluding hydrogens is 338 g/mol. The number of hydrogen-bond donors (Lipinski definition) is 3. The molecule has 0 bridgehead atoms. The number of benzene rings is 1. The van der Waals surface area contributed by atoms with Crippen LogP contribution in [0, 0.1) is 0 Å². The van der Waals surface area contributed by atoms with Crippen molar-refractivity contribution in [2.75, 3.05) is 5.32 Å². The Kier molecular flexibility index (Phi) is 5.06. The molecule has 0 fully saturated rings. The number of amides is 2. The van der Waals surface area contributed by atoms with Gasteiger partial charge in [-0.25, -0.2) is 4.98 Å². The topological polar surface area (TPSA) is 91.3 Å². The third kappa shape index (κ3) is 4.21. The summed E-state index contributed by atoms with van der Waals surface area (Å²) in [6.45, 7) is 0.375. The Balaban J connectivity index is 1.59. The lowest BCUT2D eigenvalue weighted by Crippen LogP contribution is -2.21. The average molecular weight is 353 g/mol. The molecule has 3 aromatic rings. The summed E-state index contributed by atoms with van der Waals surface area (Å²) in [4.78, 5) is 28.6. The lowest BCUT2D eigenvalue weighted by Gasteiger charge is -2.07. The van der Waals surface area contributed by atoms with E-state index in [2.05, 4.69) is 15.6 Å². The number of hydrogen-bond acceptors (Lipinski definition) is 5. The zero-order valence-electron chi connectivity index (χ0n) is 13.1. The molecule has 3 rings (SSSR count). The van der Waals surface area contributed by atoms with Crippen LogP contribution in [-0.2, 0) is 6.54 Å². The van der Waals surface area contributed by atoms with Gasteiger partial charge in [0.15, 0.2) is 11.6 Å². The van der Waals surface area contributed by atoms with Crippen molar-refractivity contribution >= 4 is 29.0 Å². The van der Waals surface area contributed by atoms with Crippen LogP contribution in [0.15, 0.2) is 60.1 Å². The highest BCUT2D eigenvalue weighted by Crippen LogP contribution is 2.19.